The third-order valence-corrected chi connectivity index (χ3v) is 4.43. The Morgan fingerprint density at radius 3 is 2.74 bits per heavy atom. The Hall–Kier alpha value is -3.19. The van der Waals surface area contributed by atoms with E-state index in [0.29, 0.717) is 34.5 Å². The fourth-order valence-corrected chi connectivity index (χ4v) is 2.91. The summed E-state index contributed by atoms with van der Waals surface area (Å²) in [5.74, 6) is 0.888. The average Bonchev–Trinajstić information content (AvgIpc) is 3.15. The molecule has 2 aromatic rings. The SMILES string of the molecule is O=C(NCc1ccc2c(c1)OCO2)C1=CCC(=O)N(c2ccc(Cl)cc2)N1. The van der Waals surface area contributed by atoms with Crippen molar-refractivity contribution in [1.82, 2.24) is 10.7 Å². The van der Waals surface area contributed by atoms with Crippen molar-refractivity contribution < 1.29 is 19.1 Å². The summed E-state index contributed by atoms with van der Waals surface area (Å²) in [4.78, 5) is 24.6. The summed E-state index contributed by atoms with van der Waals surface area (Å²) in [5.41, 5.74) is 4.67. The van der Waals surface area contributed by atoms with Crippen LogP contribution in [0.15, 0.2) is 54.2 Å². The molecule has 4 rings (SSSR count). The first-order valence-corrected chi connectivity index (χ1v) is 8.70. The van der Waals surface area contributed by atoms with Crippen molar-refractivity contribution >= 4 is 29.1 Å². The maximum atomic E-state index is 12.5. The van der Waals surface area contributed by atoms with Crippen molar-refractivity contribution in [2.75, 3.05) is 11.8 Å². The number of benzene rings is 2. The molecule has 2 aliphatic heterocycles. The second-order valence-corrected chi connectivity index (χ2v) is 6.45. The molecule has 8 heteroatoms. The molecule has 0 saturated heterocycles. The number of fused-ring (bicyclic) bond motifs is 1. The zero-order chi connectivity index (χ0) is 18.8. The minimum atomic E-state index is -0.306. The van der Waals surface area contributed by atoms with E-state index in [-0.39, 0.29) is 25.0 Å². The topological polar surface area (TPSA) is 79.9 Å². The van der Waals surface area contributed by atoms with Gasteiger partial charge in [0.1, 0.15) is 5.70 Å². The molecule has 138 valence electrons. The van der Waals surface area contributed by atoms with Gasteiger partial charge < -0.3 is 14.8 Å². The lowest BCUT2D eigenvalue weighted by Gasteiger charge is -2.28. The molecule has 0 aliphatic carbocycles. The van der Waals surface area contributed by atoms with E-state index in [1.807, 2.05) is 18.2 Å². The van der Waals surface area contributed by atoms with Crippen LogP contribution in [0.1, 0.15) is 12.0 Å². The third-order valence-electron chi connectivity index (χ3n) is 4.18. The van der Waals surface area contributed by atoms with E-state index in [4.69, 9.17) is 21.1 Å². The molecule has 2 amide bonds. The van der Waals surface area contributed by atoms with Gasteiger partial charge in [-0.3, -0.25) is 15.0 Å². The number of hydrazine groups is 1. The molecule has 27 heavy (non-hydrogen) atoms. The van der Waals surface area contributed by atoms with E-state index in [9.17, 15) is 9.59 Å². The number of anilines is 1. The van der Waals surface area contributed by atoms with Gasteiger partial charge in [0, 0.05) is 18.0 Å². The summed E-state index contributed by atoms with van der Waals surface area (Å²) in [5, 5.41) is 4.74. The lowest BCUT2D eigenvalue weighted by atomic mass is 10.2. The highest BCUT2D eigenvalue weighted by atomic mass is 35.5. The van der Waals surface area contributed by atoms with Crippen LogP contribution in [0.5, 0.6) is 11.5 Å². The first kappa shape index (κ1) is 17.2. The number of nitrogens with one attached hydrogen (secondary N) is 2. The Kier molecular flexibility index (Phi) is 4.60. The van der Waals surface area contributed by atoms with Crippen LogP contribution in [0, 0.1) is 0 Å². The second-order valence-electron chi connectivity index (χ2n) is 6.01. The van der Waals surface area contributed by atoms with Gasteiger partial charge in [0.15, 0.2) is 11.5 Å². The van der Waals surface area contributed by atoms with Crippen LogP contribution in [-0.4, -0.2) is 18.6 Å². The van der Waals surface area contributed by atoms with Crippen LogP contribution >= 0.6 is 11.6 Å². The zero-order valence-electron chi connectivity index (χ0n) is 14.2. The van der Waals surface area contributed by atoms with Crippen LogP contribution in [-0.2, 0) is 16.1 Å². The van der Waals surface area contributed by atoms with Crippen LogP contribution in [0.4, 0.5) is 5.69 Å². The Morgan fingerprint density at radius 1 is 1.15 bits per heavy atom. The van der Waals surface area contributed by atoms with E-state index in [1.165, 1.54) is 5.01 Å². The number of ether oxygens (including phenoxy) is 2. The Morgan fingerprint density at radius 2 is 1.93 bits per heavy atom. The molecule has 0 aromatic heterocycles. The van der Waals surface area contributed by atoms with Crippen molar-refractivity contribution in [1.29, 1.82) is 0 Å². The normalized spacial score (nSPS) is 15.2. The van der Waals surface area contributed by atoms with Crippen molar-refractivity contribution in [3.05, 3.63) is 64.8 Å². The van der Waals surface area contributed by atoms with Crippen molar-refractivity contribution in [3.63, 3.8) is 0 Å². The van der Waals surface area contributed by atoms with Crippen LogP contribution in [0.2, 0.25) is 5.02 Å². The number of carbonyl (C=O) groups is 2. The smallest absolute Gasteiger partial charge is 0.269 e. The summed E-state index contributed by atoms with van der Waals surface area (Å²) in [7, 11) is 0. The molecule has 0 fully saturated rings. The number of rotatable bonds is 4. The third kappa shape index (κ3) is 3.68. The molecule has 2 heterocycles. The molecule has 2 aromatic carbocycles. The lowest BCUT2D eigenvalue weighted by Crippen LogP contribution is -2.48. The van der Waals surface area contributed by atoms with Crippen LogP contribution < -0.4 is 25.2 Å². The summed E-state index contributed by atoms with van der Waals surface area (Å²) < 4.78 is 10.6. The van der Waals surface area contributed by atoms with Gasteiger partial charge in [-0.2, -0.15) is 0 Å². The van der Waals surface area contributed by atoms with E-state index < -0.39 is 0 Å². The molecule has 0 spiro atoms. The molecular formula is C19H16ClN3O4. The standard InChI is InChI=1S/C19H16ClN3O4/c20-13-2-4-14(5-3-13)23-18(24)8-6-15(22-23)19(25)21-10-12-1-7-16-17(9-12)27-11-26-16/h1-7,9,22H,8,10-11H2,(H,21,25). The monoisotopic (exact) mass is 385 g/mol. The number of hydrogen-bond donors (Lipinski definition) is 2. The van der Waals surface area contributed by atoms with E-state index in [0.717, 1.165) is 5.56 Å². The highest BCUT2D eigenvalue weighted by molar-refractivity contribution is 6.30. The van der Waals surface area contributed by atoms with Crippen molar-refractivity contribution in [2.45, 2.75) is 13.0 Å². The highest BCUT2D eigenvalue weighted by Crippen LogP contribution is 2.32. The molecule has 2 aliphatic rings. The predicted molar refractivity (Wildman–Crippen MR) is 99.2 cm³/mol. The highest BCUT2D eigenvalue weighted by Gasteiger charge is 2.24. The summed E-state index contributed by atoms with van der Waals surface area (Å²) >= 11 is 5.88. The maximum absolute atomic E-state index is 12.5. The second kappa shape index (κ2) is 7.20. The fourth-order valence-electron chi connectivity index (χ4n) is 2.78. The first-order chi connectivity index (χ1) is 13.1. The Balaban J connectivity index is 1.41. The van der Waals surface area contributed by atoms with Gasteiger partial charge in [0.25, 0.3) is 5.91 Å². The number of halogens is 1. The van der Waals surface area contributed by atoms with Gasteiger partial charge in [0.2, 0.25) is 12.7 Å². The zero-order valence-corrected chi connectivity index (χ0v) is 15.0. The van der Waals surface area contributed by atoms with Gasteiger partial charge in [-0.25, -0.2) is 5.01 Å². The van der Waals surface area contributed by atoms with Crippen LogP contribution in [0.25, 0.3) is 0 Å². The number of hydrogen-bond acceptors (Lipinski definition) is 5. The van der Waals surface area contributed by atoms with Crippen molar-refractivity contribution in [2.24, 2.45) is 0 Å². The molecule has 0 unspecified atom stereocenters. The first-order valence-electron chi connectivity index (χ1n) is 8.32. The molecule has 0 radical (unpaired) electrons. The molecule has 2 N–H and O–H groups in total. The van der Waals surface area contributed by atoms with Crippen molar-refractivity contribution in [3.8, 4) is 11.5 Å². The van der Waals surface area contributed by atoms with E-state index in [2.05, 4.69) is 10.7 Å². The molecule has 7 nitrogen and oxygen atoms in total. The molecule has 0 bridgehead atoms. The van der Waals surface area contributed by atoms with Gasteiger partial charge in [-0.05, 0) is 48.0 Å². The van der Waals surface area contributed by atoms with E-state index in [1.54, 1.807) is 30.3 Å². The van der Waals surface area contributed by atoms with E-state index >= 15 is 0 Å². The predicted octanol–water partition coefficient (Wildman–Crippen LogP) is 2.51. The largest absolute Gasteiger partial charge is 0.454 e. The minimum Gasteiger partial charge on any atom is -0.454 e. The summed E-state index contributed by atoms with van der Waals surface area (Å²) in [6, 6.07) is 12.3. The summed E-state index contributed by atoms with van der Waals surface area (Å²) in [6.07, 6.45) is 1.70. The maximum Gasteiger partial charge on any atom is 0.269 e. The minimum absolute atomic E-state index is 0.127. The number of amides is 2. The lowest BCUT2D eigenvalue weighted by molar-refractivity contribution is -0.120. The Bertz CT molecular complexity index is 927. The van der Waals surface area contributed by atoms with Gasteiger partial charge in [-0.15, -0.1) is 0 Å². The number of nitrogens with zero attached hydrogens (tertiary/aromatic N) is 1. The molecule has 0 saturated carbocycles. The van der Waals surface area contributed by atoms with Gasteiger partial charge in [-0.1, -0.05) is 17.7 Å². The quantitative estimate of drug-likeness (QED) is 0.845. The fraction of sp³-hybridized carbons (Fsp3) is 0.158. The van der Waals surface area contributed by atoms with Gasteiger partial charge in [0.05, 0.1) is 5.69 Å². The molecular weight excluding hydrogens is 370 g/mol. The van der Waals surface area contributed by atoms with Gasteiger partial charge >= 0.3 is 0 Å². The summed E-state index contributed by atoms with van der Waals surface area (Å²) in [6.45, 7) is 0.528. The number of carbonyl (C=O) groups excluding carboxylic acids is 2. The Labute approximate surface area is 160 Å². The van der Waals surface area contributed by atoms with Crippen LogP contribution in [0.3, 0.4) is 0 Å². The average molecular weight is 386 g/mol. The molecule has 0 atom stereocenters.